The van der Waals surface area contributed by atoms with Gasteiger partial charge in [0.2, 0.25) is 5.91 Å². The normalized spacial score (nSPS) is 18.2. The maximum atomic E-state index is 12.5. The van der Waals surface area contributed by atoms with Gasteiger partial charge in [0.15, 0.2) is 0 Å². The van der Waals surface area contributed by atoms with Crippen molar-refractivity contribution in [1.29, 1.82) is 0 Å². The number of benzene rings is 1. The topological polar surface area (TPSA) is 34.0 Å². The molecule has 3 nitrogen and oxygen atoms in total. The summed E-state index contributed by atoms with van der Waals surface area (Å²) in [7, 11) is 0. The first-order valence-electron chi connectivity index (χ1n) is 10.7. The summed E-state index contributed by atoms with van der Waals surface area (Å²) in [6.07, 6.45) is 17.0. The fourth-order valence-electron chi connectivity index (χ4n) is 4.17. The number of nitrogens with zero attached hydrogens (tertiary/aromatic N) is 1. The van der Waals surface area contributed by atoms with Crippen molar-refractivity contribution in [3.63, 3.8) is 0 Å². The van der Waals surface area contributed by atoms with Crippen LogP contribution in [0.2, 0.25) is 0 Å². The molecule has 0 saturated heterocycles. The molecule has 2 aromatic rings. The van der Waals surface area contributed by atoms with Gasteiger partial charge in [-0.15, -0.1) is 0 Å². The highest BCUT2D eigenvalue weighted by Gasteiger charge is 2.13. The zero-order valence-corrected chi connectivity index (χ0v) is 16.1. The molecule has 1 aliphatic rings. The molecule has 3 heteroatoms. The van der Waals surface area contributed by atoms with E-state index in [1.807, 2.05) is 0 Å². The van der Waals surface area contributed by atoms with Crippen LogP contribution in [0.5, 0.6) is 0 Å². The molecule has 1 heterocycles. The molecule has 0 spiro atoms. The first kappa shape index (κ1) is 19.0. The minimum atomic E-state index is 0.208. The van der Waals surface area contributed by atoms with Crippen LogP contribution in [0.4, 0.5) is 0 Å². The van der Waals surface area contributed by atoms with Crippen molar-refractivity contribution >= 4 is 16.8 Å². The second-order valence-corrected chi connectivity index (χ2v) is 7.84. The van der Waals surface area contributed by atoms with Crippen molar-refractivity contribution in [2.45, 2.75) is 89.6 Å². The number of nitrogens with one attached hydrogen (secondary N) is 1. The Balaban J connectivity index is 1.47. The van der Waals surface area contributed by atoms with Crippen molar-refractivity contribution in [1.82, 2.24) is 9.88 Å². The van der Waals surface area contributed by atoms with Crippen LogP contribution in [0.15, 0.2) is 36.5 Å². The minimum absolute atomic E-state index is 0.208. The minimum Gasteiger partial charge on any atom is -0.353 e. The molecular formula is C23H34N2O. The summed E-state index contributed by atoms with van der Waals surface area (Å²) < 4.78 is 2.19. The lowest BCUT2D eigenvalue weighted by atomic mass is 9.98. The number of rotatable bonds is 4. The van der Waals surface area contributed by atoms with Crippen LogP contribution in [0.1, 0.15) is 77.0 Å². The second-order valence-electron chi connectivity index (χ2n) is 7.84. The highest BCUT2D eigenvalue weighted by Crippen LogP contribution is 2.18. The Hall–Kier alpha value is -1.77. The summed E-state index contributed by atoms with van der Waals surface area (Å²) in [5.74, 6) is 0.208. The molecular weight excluding hydrogens is 320 g/mol. The Kier molecular flexibility index (Phi) is 7.60. The van der Waals surface area contributed by atoms with Gasteiger partial charge in [0.25, 0.3) is 0 Å². The van der Waals surface area contributed by atoms with Gasteiger partial charge in [-0.1, -0.05) is 76.0 Å². The van der Waals surface area contributed by atoms with Gasteiger partial charge in [0, 0.05) is 30.7 Å². The molecule has 0 atom stereocenters. The van der Waals surface area contributed by atoms with E-state index >= 15 is 0 Å². The quantitative estimate of drug-likeness (QED) is 0.737. The van der Waals surface area contributed by atoms with Crippen LogP contribution < -0.4 is 5.32 Å². The predicted octanol–water partition coefficient (Wildman–Crippen LogP) is 5.82. The molecule has 0 unspecified atom stereocenters. The van der Waals surface area contributed by atoms with E-state index in [0.29, 0.717) is 12.5 Å². The lowest BCUT2D eigenvalue weighted by Gasteiger charge is -2.20. The highest BCUT2D eigenvalue weighted by atomic mass is 16.1. The van der Waals surface area contributed by atoms with E-state index in [9.17, 15) is 4.79 Å². The van der Waals surface area contributed by atoms with Gasteiger partial charge in [-0.05, 0) is 30.4 Å². The van der Waals surface area contributed by atoms with Crippen LogP contribution >= 0.6 is 0 Å². The van der Waals surface area contributed by atoms with Gasteiger partial charge >= 0.3 is 0 Å². The van der Waals surface area contributed by atoms with Gasteiger partial charge in [-0.25, -0.2) is 0 Å². The molecule has 1 fully saturated rings. The number of carbonyl (C=O) groups is 1. The van der Waals surface area contributed by atoms with Crippen LogP contribution in [0, 0.1) is 0 Å². The summed E-state index contributed by atoms with van der Waals surface area (Å²) in [5, 5.41) is 4.57. The molecule has 0 bridgehead atoms. The number of hydrogen-bond acceptors (Lipinski definition) is 1. The molecule has 1 aliphatic carbocycles. The fourth-order valence-corrected chi connectivity index (χ4v) is 4.17. The number of para-hydroxylation sites is 1. The highest BCUT2D eigenvalue weighted by molar-refractivity contribution is 5.80. The van der Waals surface area contributed by atoms with Gasteiger partial charge in [-0.3, -0.25) is 4.79 Å². The molecule has 1 saturated carbocycles. The maximum Gasteiger partial charge on any atom is 0.222 e. The van der Waals surface area contributed by atoms with Crippen molar-refractivity contribution in [3.05, 3.63) is 36.5 Å². The van der Waals surface area contributed by atoms with Gasteiger partial charge in [-0.2, -0.15) is 0 Å². The Morgan fingerprint density at radius 1 is 0.885 bits per heavy atom. The van der Waals surface area contributed by atoms with Crippen molar-refractivity contribution < 1.29 is 4.79 Å². The van der Waals surface area contributed by atoms with Gasteiger partial charge < -0.3 is 9.88 Å². The van der Waals surface area contributed by atoms with Crippen LogP contribution in [-0.2, 0) is 11.3 Å². The molecule has 0 aliphatic heterocycles. The van der Waals surface area contributed by atoms with E-state index in [1.54, 1.807) is 0 Å². The summed E-state index contributed by atoms with van der Waals surface area (Å²) in [4.78, 5) is 12.5. The van der Waals surface area contributed by atoms with Crippen molar-refractivity contribution in [2.75, 3.05) is 0 Å². The summed E-state index contributed by atoms with van der Waals surface area (Å²) >= 11 is 0. The summed E-state index contributed by atoms with van der Waals surface area (Å²) in [6, 6.07) is 10.9. The molecule has 142 valence electrons. The predicted molar refractivity (Wildman–Crippen MR) is 109 cm³/mol. The Morgan fingerprint density at radius 2 is 1.50 bits per heavy atom. The summed E-state index contributed by atoms with van der Waals surface area (Å²) in [6.45, 7) is 0.756. The third-order valence-corrected chi connectivity index (χ3v) is 5.73. The van der Waals surface area contributed by atoms with E-state index in [1.165, 1.54) is 68.7 Å². The molecule has 0 radical (unpaired) electrons. The zero-order chi connectivity index (χ0) is 18.0. The smallest absolute Gasteiger partial charge is 0.222 e. The maximum absolute atomic E-state index is 12.5. The fraction of sp³-hybridized carbons (Fsp3) is 0.609. The lowest BCUT2D eigenvalue weighted by Crippen LogP contribution is -2.35. The van der Waals surface area contributed by atoms with E-state index in [-0.39, 0.29) is 5.91 Å². The standard InChI is InChI=1S/C23H34N2O/c26-23(17-19-25-18-16-20-12-10-11-15-22(20)25)24-21-13-8-6-4-2-1-3-5-7-9-14-21/h10-12,15-16,18,21H,1-9,13-14,17,19H2,(H,24,26). The first-order valence-corrected chi connectivity index (χ1v) is 10.7. The van der Waals surface area contributed by atoms with Crippen molar-refractivity contribution in [3.8, 4) is 0 Å². The zero-order valence-electron chi connectivity index (χ0n) is 16.1. The number of hydrogen-bond donors (Lipinski definition) is 1. The van der Waals surface area contributed by atoms with E-state index in [2.05, 4.69) is 46.4 Å². The Labute approximate surface area is 158 Å². The van der Waals surface area contributed by atoms with Gasteiger partial charge in [0.05, 0.1) is 0 Å². The Bertz CT molecular complexity index is 664. The molecule has 3 rings (SSSR count). The first-order chi connectivity index (χ1) is 12.8. The van der Waals surface area contributed by atoms with Crippen LogP contribution in [0.3, 0.4) is 0 Å². The molecule has 1 amide bonds. The number of fused-ring (bicyclic) bond motifs is 1. The molecule has 1 N–H and O–H groups in total. The van der Waals surface area contributed by atoms with E-state index < -0.39 is 0 Å². The SMILES string of the molecule is O=C(CCn1ccc2ccccc21)NC1CCCCCCCCCCC1. The third kappa shape index (κ3) is 5.89. The van der Waals surface area contributed by atoms with Crippen LogP contribution in [-0.4, -0.2) is 16.5 Å². The van der Waals surface area contributed by atoms with Gasteiger partial charge in [0.1, 0.15) is 0 Å². The molecule has 26 heavy (non-hydrogen) atoms. The number of amides is 1. The van der Waals surface area contributed by atoms with E-state index in [0.717, 1.165) is 19.4 Å². The summed E-state index contributed by atoms with van der Waals surface area (Å²) in [5.41, 5.74) is 1.21. The lowest BCUT2D eigenvalue weighted by molar-refractivity contribution is -0.122. The number of aryl methyl sites for hydroxylation is 1. The largest absolute Gasteiger partial charge is 0.353 e. The number of carbonyl (C=O) groups excluding carboxylic acids is 1. The average Bonchev–Trinajstić information content (AvgIpc) is 3.05. The monoisotopic (exact) mass is 354 g/mol. The third-order valence-electron chi connectivity index (χ3n) is 5.73. The molecule has 1 aromatic heterocycles. The Morgan fingerprint density at radius 3 is 2.19 bits per heavy atom. The second kappa shape index (κ2) is 10.4. The van der Waals surface area contributed by atoms with E-state index in [4.69, 9.17) is 0 Å². The van der Waals surface area contributed by atoms with Crippen LogP contribution in [0.25, 0.3) is 10.9 Å². The van der Waals surface area contributed by atoms with Crippen molar-refractivity contribution in [2.24, 2.45) is 0 Å². The average molecular weight is 355 g/mol. The molecule has 1 aromatic carbocycles. The number of aromatic nitrogens is 1.